The van der Waals surface area contributed by atoms with Crippen molar-refractivity contribution in [3.63, 3.8) is 0 Å². The van der Waals surface area contributed by atoms with Crippen LogP contribution in [0.3, 0.4) is 0 Å². The van der Waals surface area contributed by atoms with Gasteiger partial charge in [0.25, 0.3) is 0 Å². The van der Waals surface area contributed by atoms with Crippen molar-refractivity contribution in [2.24, 2.45) is 0 Å². The Hall–Kier alpha value is -1.93. The molecule has 0 aromatic carbocycles. The maximum Gasteiger partial charge on any atom is 0.347 e. The van der Waals surface area contributed by atoms with E-state index in [0.717, 1.165) is 42.5 Å². The highest BCUT2D eigenvalue weighted by Crippen LogP contribution is 2.32. The maximum absolute atomic E-state index is 10.9. The van der Waals surface area contributed by atoms with Crippen molar-refractivity contribution >= 4 is 22.4 Å². The molecule has 2 aromatic heterocycles. The largest absolute Gasteiger partial charge is 0.477 e. The molecular formula is C14H17N3O4S. The smallest absolute Gasteiger partial charge is 0.347 e. The zero-order chi connectivity index (χ0) is 15.5. The fourth-order valence-corrected chi connectivity index (χ4v) is 3.41. The third-order valence-electron chi connectivity index (χ3n) is 3.75. The van der Waals surface area contributed by atoms with E-state index in [2.05, 4.69) is 15.0 Å². The highest BCUT2D eigenvalue weighted by atomic mass is 32.1. The summed E-state index contributed by atoms with van der Waals surface area (Å²) in [7, 11) is 1.63. The predicted octanol–water partition coefficient (Wildman–Crippen LogP) is 2.36. The molecule has 2 aromatic rings. The van der Waals surface area contributed by atoms with E-state index in [9.17, 15) is 4.79 Å². The summed E-state index contributed by atoms with van der Waals surface area (Å²) in [6.07, 6.45) is 3.31. The molecule has 0 atom stereocenters. The summed E-state index contributed by atoms with van der Waals surface area (Å²) in [4.78, 5) is 17.5. The van der Waals surface area contributed by atoms with E-state index in [-0.39, 0.29) is 4.88 Å². The zero-order valence-corrected chi connectivity index (χ0v) is 13.0. The number of aromatic carboxylic acids is 1. The molecule has 1 aliphatic rings. The average molecular weight is 323 g/mol. The van der Waals surface area contributed by atoms with Crippen molar-refractivity contribution in [2.45, 2.75) is 25.4 Å². The van der Waals surface area contributed by atoms with E-state index >= 15 is 0 Å². The highest BCUT2D eigenvalue weighted by molar-refractivity contribution is 7.17. The molecule has 0 amide bonds. The highest BCUT2D eigenvalue weighted by Gasteiger charge is 2.25. The molecular weight excluding hydrogens is 306 g/mol. The first-order valence-electron chi connectivity index (χ1n) is 7.06. The molecule has 1 N–H and O–H groups in total. The Balaban J connectivity index is 1.60. The van der Waals surface area contributed by atoms with Crippen molar-refractivity contribution in [1.82, 2.24) is 10.1 Å². The first-order valence-corrected chi connectivity index (χ1v) is 7.87. The second kappa shape index (κ2) is 6.45. The van der Waals surface area contributed by atoms with Gasteiger partial charge >= 0.3 is 5.97 Å². The number of hydrogen-bond donors (Lipinski definition) is 1. The van der Waals surface area contributed by atoms with Crippen LogP contribution in [0.5, 0.6) is 0 Å². The quantitative estimate of drug-likeness (QED) is 0.903. The molecule has 7 nitrogen and oxygen atoms in total. The van der Waals surface area contributed by atoms with Gasteiger partial charge in [-0.25, -0.2) is 9.78 Å². The maximum atomic E-state index is 10.9. The topological polar surface area (TPSA) is 88.7 Å². The molecule has 0 spiro atoms. The van der Waals surface area contributed by atoms with Crippen molar-refractivity contribution < 1.29 is 19.2 Å². The molecule has 1 saturated heterocycles. The molecule has 1 aliphatic heterocycles. The van der Waals surface area contributed by atoms with Gasteiger partial charge in [0.15, 0.2) is 10.9 Å². The number of carboxylic acid groups (broad SMARTS) is 1. The molecule has 3 heterocycles. The van der Waals surface area contributed by atoms with Crippen LogP contribution in [0.1, 0.15) is 39.9 Å². The van der Waals surface area contributed by atoms with Crippen LogP contribution < -0.4 is 4.90 Å². The number of piperidine rings is 1. The second-order valence-electron chi connectivity index (χ2n) is 5.22. The van der Waals surface area contributed by atoms with Crippen LogP contribution >= 0.6 is 11.3 Å². The van der Waals surface area contributed by atoms with E-state index in [1.807, 2.05) is 6.07 Å². The van der Waals surface area contributed by atoms with Crippen LogP contribution in [0.4, 0.5) is 5.13 Å². The van der Waals surface area contributed by atoms with Crippen molar-refractivity contribution in [3.8, 4) is 0 Å². The normalized spacial score (nSPS) is 16.1. The fraction of sp³-hybridized carbons (Fsp3) is 0.500. The number of anilines is 1. The van der Waals surface area contributed by atoms with Gasteiger partial charge < -0.3 is 19.3 Å². The summed E-state index contributed by atoms with van der Waals surface area (Å²) in [5.74, 6) is 0.183. The van der Waals surface area contributed by atoms with Gasteiger partial charge in [0.2, 0.25) is 0 Å². The van der Waals surface area contributed by atoms with Crippen LogP contribution in [-0.4, -0.2) is 41.4 Å². The summed E-state index contributed by atoms with van der Waals surface area (Å²) < 4.78 is 10.3. The van der Waals surface area contributed by atoms with Gasteiger partial charge in [-0.15, -0.1) is 0 Å². The third-order valence-corrected chi connectivity index (χ3v) is 4.80. The van der Waals surface area contributed by atoms with Crippen molar-refractivity contribution in [3.05, 3.63) is 28.6 Å². The number of ether oxygens (including phenoxy) is 1. The van der Waals surface area contributed by atoms with Gasteiger partial charge in [-0.05, 0) is 12.8 Å². The van der Waals surface area contributed by atoms with E-state index in [0.29, 0.717) is 12.5 Å². The monoisotopic (exact) mass is 323 g/mol. The standard InChI is InChI=1S/C14H17N3O4S/c1-20-8-10-6-11(16-21-10)9-2-4-17(5-3-9)14-15-7-12(22-14)13(18)19/h6-7,9H,2-5,8H2,1H3,(H,18,19). The van der Waals surface area contributed by atoms with E-state index < -0.39 is 5.97 Å². The number of carbonyl (C=O) groups is 1. The third kappa shape index (κ3) is 3.12. The minimum Gasteiger partial charge on any atom is -0.477 e. The van der Waals surface area contributed by atoms with Gasteiger partial charge in [0, 0.05) is 32.2 Å². The second-order valence-corrected chi connectivity index (χ2v) is 6.23. The number of methoxy groups -OCH3 is 1. The molecule has 0 aliphatic carbocycles. The minimum atomic E-state index is -0.924. The van der Waals surface area contributed by atoms with Gasteiger partial charge in [0.1, 0.15) is 11.5 Å². The lowest BCUT2D eigenvalue weighted by Gasteiger charge is -2.30. The Morgan fingerprint density at radius 3 is 2.95 bits per heavy atom. The van der Waals surface area contributed by atoms with Crippen LogP contribution in [0.15, 0.2) is 16.8 Å². The number of nitrogens with zero attached hydrogens (tertiary/aromatic N) is 3. The van der Waals surface area contributed by atoms with Crippen LogP contribution in [0.25, 0.3) is 0 Å². The number of carboxylic acids is 1. The Bertz CT molecular complexity index is 646. The van der Waals surface area contributed by atoms with E-state index in [1.165, 1.54) is 17.5 Å². The predicted molar refractivity (Wildman–Crippen MR) is 80.5 cm³/mol. The first-order chi connectivity index (χ1) is 10.7. The zero-order valence-electron chi connectivity index (χ0n) is 12.2. The molecule has 0 bridgehead atoms. The molecule has 8 heteroatoms. The van der Waals surface area contributed by atoms with Gasteiger partial charge in [-0.2, -0.15) is 0 Å². The number of rotatable bonds is 5. The number of aromatic nitrogens is 2. The van der Waals surface area contributed by atoms with Gasteiger partial charge in [-0.3, -0.25) is 0 Å². The van der Waals surface area contributed by atoms with Crippen molar-refractivity contribution in [2.75, 3.05) is 25.1 Å². The Morgan fingerprint density at radius 1 is 1.55 bits per heavy atom. The number of thiazole rings is 1. The first kappa shape index (κ1) is 15.0. The molecule has 0 unspecified atom stereocenters. The molecule has 118 valence electrons. The molecule has 3 rings (SSSR count). The lowest BCUT2D eigenvalue weighted by molar-refractivity contribution is 0.0702. The van der Waals surface area contributed by atoms with Gasteiger partial charge in [-0.1, -0.05) is 16.5 Å². The summed E-state index contributed by atoms with van der Waals surface area (Å²) in [6.45, 7) is 2.11. The fourth-order valence-electron chi connectivity index (χ4n) is 2.61. The van der Waals surface area contributed by atoms with Crippen LogP contribution in [-0.2, 0) is 11.3 Å². The van der Waals surface area contributed by atoms with E-state index in [1.54, 1.807) is 7.11 Å². The summed E-state index contributed by atoms with van der Waals surface area (Å²) in [6, 6.07) is 1.95. The Morgan fingerprint density at radius 2 is 2.32 bits per heavy atom. The molecule has 1 fully saturated rings. The molecule has 0 radical (unpaired) electrons. The van der Waals surface area contributed by atoms with Crippen LogP contribution in [0, 0.1) is 0 Å². The Kier molecular flexibility index (Phi) is 4.39. The summed E-state index contributed by atoms with van der Waals surface area (Å²) >= 11 is 1.22. The van der Waals surface area contributed by atoms with Gasteiger partial charge in [0.05, 0.1) is 11.9 Å². The SMILES string of the molecule is COCc1cc(C2CCN(c3ncc(C(=O)O)s3)CC2)no1. The minimum absolute atomic E-state index is 0.276. The lowest BCUT2D eigenvalue weighted by Crippen LogP contribution is -2.32. The molecule has 22 heavy (non-hydrogen) atoms. The van der Waals surface area contributed by atoms with Crippen LogP contribution in [0.2, 0.25) is 0 Å². The summed E-state index contributed by atoms with van der Waals surface area (Å²) in [5.41, 5.74) is 0.970. The molecule has 0 saturated carbocycles. The van der Waals surface area contributed by atoms with E-state index in [4.69, 9.17) is 14.4 Å². The summed E-state index contributed by atoms with van der Waals surface area (Å²) in [5, 5.41) is 13.8. The lowest BCUT2D eigenvalue weighted by atomic mass is 9.94. The van der Waals surface area contributed by atoms with Crippen molar-refractivity contribution in [1.29, 1.82) is 0 Å². The number of hydrogen-bond acceptors (Lipinski definition) is 7. The average Bonchev–Trinajstić information content (AvgIpc) is 3.17. The Labute approximate surface area is 131 Å².